The van der Waals surface area contributed by atoms with Crippen LogP contribution in [0.4, 0.5) is 0 Å². The summed E-state index contributed by atoms with van der Waals surface area (Å²) in [5.41, 5.74) is 1.39. The normalized spacial score (nSPS) is 20.9. The van der Waals surface area contributed by atoms with Gasteiger partial charge in [-0.25, -0.2) is 4.79 Å². The lowest BCUT2D eigenvalue weighted by atomic mass is 9.85. The Kier molecular flexibility index (Phi) is 5.77. The Labute approximate surface area is 181 Å². The maximum atomic E-state index is 12.9. The number of aryl methyl sites for hydroxylation is 2. The van der Waals surface area contributed by atoms with Crippen LogP contribution in [0.5, 0.6) is 5.75 Å². The van der Waals surface area contributed by atoms with E-state index >= 15 is 0 Å². The van der Waals surface area contributed by atoms with Gasteiger partial charge in [0, 0.05) is 32.2 Å². The second kappa shape index (κ2) is 8.36. The van der Waals surface area contributed by atoms with Crippen molar-refractivity contribution in [3.05, 3.63) is 39.7 Å². The number of rotatable bonds is 6. The van der Waals surface area contributed by atoms with Gasteiger partial charge in [-0.2, -0.15) is 0 Å². The van der Waals surface area contributed by atoms with Crippen LogP contribution < -0.4 is 10.4 Å². The standard InChI is InChI=1S/C24H30N2O5/c1-4-8-25-9-6-24(23(25)29)7-10-26(15-24)20(27)14-30-18-11-16(3)12-19-22(18)17(5-2)13-21(28)31-19/h11-13H,4-10,14-15H2,1-3H3. The molecule has 4 rings (SSSR count). The summed E-state index contributed by atoms with van der Waals surface area (Å²) in [5.74, 6) is 0.616. The number of fused-ring (bicyclic) bond motifs is 1. The van der Waals surface area contributed by atoms with Crippen molar-refractivity contribution in [2.24, 2.45) is 5.41 Å². The van der Waals surface area contributed by atoms with Crippen molar-refractivity contribution >= 4 is 22.8 Å². The molecule has 2 amide bonds. The molecule has 1 aromatic carbocycles. The summed E-state index contributed by atoms with van der Waals surface area (Å²) >= 11 is 0. The van der Waals surface area contributed by atoms with Crippen LogP contribution in [0.1, 0.15) is 44.2 Å². The van der Waals surface area contributed by atoms with Crippen LogP contribution in [-0.2, 0) is 16.0 Å². The van der Waals surface area contributed by atoms with Crippen LogP contribution in [0, 0.1) is 12.3 Å². The fraction of sp³-hybridized carbons (Fsp3) is 0.542. The molecule has 31 heavy (non-hydrogen) atoms. The number of ether oxygens (including phenoxy) is 1. The average Bonchev–Trinajstić information content (AvgIpc) is 3.30. The highest BCUT2D eigenvalue weighted by atomic mass is 16.5. The molecular weight excluding hydrogens is 396 g/mol. The third kappa shape index (κ3) is 3.93. The third-order valence-corrected chi connectivity index (χ3v) is 6.57. The van der Waals surface area contributed by atoms with E-state index in [-0.39, 0.29) is 18.4 Å². The van der Waals surface area contributed by atoms with Gasteiger partial charge in [-0.1, -0.05) is 13.8 Å². The van der Waals surface area contributed by atoms with Crippen LogP contribution in [0.2, 0.25) is 0 Å². The van der Waals surface area contributed by atoms with Crippen LogP contribution in [0.15, 0.2) is 27.4 Å². The van der Waals surface area contributed by atoms with Gasteiger partial charge in [0.2, 0.25) is 5.91 Å². The van der Waals surface area contributed by atoms with E-state index in [1.165, 1.54) is 6.07 Å². The van der Waals surface area contributed by atoms with E-state index in [0.717, 1.165) is 48.9 Å². The summed E-state index contributed by atoms with van der Waals surface area (Å²) in [4.78, 5) is 41.3. The highest BCUT2D eigenvalue weighted by Crippen LogP contribution is 2.40. The Morgan fingerprint density at radius 3 is 2.68 bits per heavy atom. The minimum atomic E-state index is -0.417. The molecule has 1 unspecified atom stereocenters. The molecule has 2 aromatic rings. The topological polar surface area (TPSA) is 80.1 Å². The maximum Gasteiger partial charge on any atom is 0.336 e. The van der Waals surface area contributed by atoms with Crippen molar-refractivity contribution in [1.29, 1.82) is 0 Å². The zero-order valence-electron chi connectivity index (χ0n) is 18.5. The van der Waals surface area contributed by atoms with E-state index in [9.17, 15) is 14.4 Å². The molecule has 7 nitrogen and oxygen atoms in total. The highest BCUT2D eigenvalue weighted by Gasteiger charge is 2.51. The van der Waals surface area contributed by atoms with E-state index in [0.29, 0.717) is 30.8 Å². The summed E-state index contributed by atoms with van der Waals surface area (Å²) in [6.07, 6.45) is 3.14. The molecule has 3 heterocycles. The van der Waals surface area contributed by atoms with Gasteiger partial charge in [-0.05, 0) is 55.9 Å². The van der Waals surface area contributed by atoms with Crippen molar-refractivity contribution in [2.75, 3.05) is 32.8 Å². The lowest BCUT2D eigenvalue weighted by Gasteiger charge is -2.23. The minimum Gasteiger partial charge on any atom is -0.483 e. The number of carbonyl (C=O) groups excluding carboxylic acids is 2. The predicted octanol–water partition coefficient (Wildman–Crippen LogP) is 2.90. The molecule has 0 saturated carbocycles. The van der Waals surface area contributed by atoms with E-state index in [1.807, 2.05) is 30.9 Å². The number of amides is 2. The number of hydrogen-bond donors (Lipinski definition) is 0. The molecule has 0 bridgehead atoms. The summed E-state index contributed by atoms with van der Waals surface area (Å²) in [5, 5.41) is 0.736. The van der Waals surface area contributed by atoms with Crippen molar-refractivity contribution in [3.8, 4) is 5.75 Å². The van der Waals surface area contributed by atoms with Crippen molar-refractivity contribution < 1.29 is 18.7 Å². The SMILES string of the molecule is CCCN1CCC2(CCN(C(=O)COc3cc(C)cc4oc(=O)cc(CC)c34)C2)C1=O. The molecule has 0 aliphatic carbocycles. The third-order valence-electron chi connectivity index (χ3n) is 6.57. The average molecular weight is 427 g/mol. The summed E-state index contributed by atoms with van der Waals surface area (Å²) < 4.78 is 11.3. The fourth-order valence-corrected chi connectivity index (χ4v) is 4.93. The van der Waals surface area contributed by atoms with E-state index in [2.05, 4.69) is 6.92 Å². The van der Waals surface area contributed by atoms with E-state index in [1.54, 1.807) is 4.90 Å². The van der Waals surface area contributed by atoms with Gasteiger partial charge in [0.15, 0.2) is 6.61 Å². The van der Waals surface area contributed by atoms with Crippen molar-refractivity contribution in [1.82, 2.24) is 9.80 Å². The lowest BCUT2D eigenvalue weighted by Crippen LogP contribution is -2.39. The quantitative estimate of drug-likeness (QED) is 0.664. The first kappa shape index (κ1) is 21.4. The van der Waals surface area contributed by atoms with Gasteiger partial charge < -0.3 is 19.0 Å². The molecule has 2 saturated heterocycles. The monoisotopic (exact) mass is 426 g/mol. The fourth-order valence-electron chi connectivity index (χ4n) is 4.93. The van der Waals surface area contributed by atoms with E-state index < -0.39 is 11.0 Å². The predicted molar refractivity (Wildman–Crippen MR) is 117 cm³/mol. The number of likely N-dealkylation sites (tertiary alicyclic amines) is 2. The molecular formula is C24H30N2O5. The molecule has 0 N–H and O–H groups in total. The van der Waals surface area contributed by atoms with Gasteiger partial charge in [-0.3, -0.25) is 9.59 Å². The number of hydrogen-bond acceptors (Lipinski definition) is 5. The summed E-state index contributed by atoms with van der Waals surface area (Å²) in [6.45, 7) is 8.45. The Bertz CT molecular complexity index is 1080. The number of carbonyl (C=O) groups is 2. The molecule has 2 aliphatic heterocycles. The molecule has 2 aliphatic rings. The zero-order valence-corrected chi connectivity index (χ0v) is 18.5. The lowest BCUT2D eigenvalue weighted by molar-refractivity contribution is -0.137. The number of benzene rings is 1. The summed E-state index contributed by atoms with van der Waals surface area (Å²) in [7, 11) is 0. The first-order valence-corrected chi connectivity index (χ1v) is 11.1. The molecule has 2 fully saturated rings. The molecule has 166 valence electrons. The van der Waals surface area contributed by atoms with Crippen LogP contribution in [0.25, 0.3) is 11.0 Å². The highest BCUT2D eigenvalue weighted by molar-refractivity contribution is 5.89. The number of nitrogens with zero attached hydrogens (tertiary/aromatic N) is 2. The minimum absolute atomic E-state index is 0.107. The second-order valence-corrected chi connectivity index (χ2v) is 8.76. The van der Waals surface area contributed by atoms with Crippen LogP contribution >= 0.6 is 0 Å². The van der Waals surface area contributed by atoms with Crippen LogP contribution in [-0.4, -0.2) is 54.4 Å². The Morgan fingerprint density at radius 1 is 1.16 bits per heavy atom. The van der Waals surface area contributed by atoms with Gasteiger partial charge in [-0.15, -0.1) is 0 Å². The first-order chi connectivity index (χ1) is 14.9. The van der Waals surface area contributed by atoms with E-state index in [4.69, 9.17) is 9.15 Å². The van der Waals surface area contributed by atoms with Crippen molar-refractivity contribution in [3.63, 3.8) is 0 Å². The van der Waals surface area contributed by atoms with Gasteiger partial charge in [0.05, 0.1) is 10.8 Å². The molecule has 0 radical (unpaired) electrons. The Hall–Kier alpha value is -2.83. The maximum absolute atomic E-state index is 12.9. The Morgan fingerprint density at radius 2 is 1.94 bits per heavy atom. The second-order valence-electron chi connectivity index (χ2n) is 8.76. The molecule has 7 heteroatoms. The Balaban J connectivity index is 1.48. The zero-order chi connectivity index (χ0) is 22.2. The van der Waals surface area contributed by atoms with Gasteiger partial charge >= 0.3 is 5.63 Å². The molecule has 1 spiro atoms. The largest absolute Gasteiger partial charge is 0.483 e. The van der Waals surface area contributed by atoms with Crippen LogP contribution in [0.3, 0.4) is 0 Å². The smallest absolute Gasteiger partial charge is 0.336 e. The molecule has 1 aromatic heterocycles. The van der Waals surface area contributed by atoms with Gasteiger partial charge in [0.25, 0.3) is 5.91 Å². The van der Waals surface area contributed by atoms with Gasteiger partial charge in [0.1, 0.15) is 11.3 Å². The summed E-state index contributed by atoms with van der Waals surface area (Å²) in [6, 6.07) is 5.15. The van der Waals surface area contributed by atoms with Crippen molar-refractivity contribution in [2.45, 2.75) is 46.5 Å². The first-order valence-electron chi connectivity index (χ1n) is 11.1. The molecule has 1 atom stereocenters.